The van der Waals surface area contributed by atoms with Gasteiger partial charge in [-0.3, -0.25) is 4.79 Å². The number of likely N-dealkylation sites (N-methyl/N-ethyl adjacent to an activating group) is 1. The van der Waals surface area contributed by atoms with Crippen LogP contribution in [0.5, 0.6) is 11.5 Å². The first-order valence-corrected chi connectivity index (χ1v) is 6.48. The molecule has 0 fully saturated rings. The lowest BCUT2D eigenvalue weighted by Crippen LogP contribution is -2.48. The van der Waals surface area contributed by atoms with Crippen molar-refractivity contribution in [2.24, 2.45) is 5.73 Å². The Labute approximate surface area is 117 Å². The first kappa shape index (κ1) is 13.6. The summed E-state index contributed by atoms with van der Waals surface area (Å²) in [6, 6.07) is 7.28. The molecule has 1 aliphatic rings. The number of para-hydroxylation sites is 2. The van der Waals surface area contributed by atoms with Gasteiger partial charge in [0.2, 0.25) is 6.10 Å². The first-order valence-electron chi connectivity index (χ1n) is 6.07. The molecule has 0 saturated heterocycles. The standard InChI is InChI=1S/C13H16N2O3S/c1-2-15(7-12(14)19)13(16)11-8-17-9-5-3-4-6-10(9)18-11/h3-6,11H,2,7-8H2,1H3,(H2,14,19). The molecular weight excluding hydrogens is 264 g/mol. The van der Waals surface area contributed by atoms with Crippen LogP contribution in [0.3, 0.4) is 0 Å². The molecule has 1 aromatic carbocycles. The molecule has 19 heavy (non-hydrogen) atoms. The number of hydrogen-bond acceptors (Lipinski definition) is 4. The number of carbonyl (C=O) groups is 1. The van der Waals surface area contributed by atoms with E-state index in [1.165, 1.54) is 0 Å². The fourth-order valence-electron chi connectivity index (χ4n) is 1.88. The van der Waals surface area contributed by atoms with Crippen molar-refractivity contribution in [1.82, 2.24) is 4.90 Å². The minimum Gasteiger partial charge on any atom is -0.485 e. The average Bonchev–Trinajstić information content (AvgIpc) is 2.43. The van der Waals surface area contributed by atoms with Crippen LogP contribution in [-0.2, 0) is 4.79 Å². The van der Waals surface area contributed by atoms with Crippen LogP contribution in [0.15, 0.2) is 24.3 Å². The lowest BCUT2D eigenvalue weighted by atomic mass is 10.2. The topological polar surface area (TPSA) is 64.8 Å². The molecule has 0 aliphatic carbocycles. The molecule has 1 amide bonds. The minimum absolute atomic E-state index is 0.162. The number of thiocarbonyl (C=S) groups is 1. The van der Waals surface area contributed by atoms with Gasteiger partial charge in [-0.15, -0.1) is 0 Å². The van der Waals surface area contributed by atoms with Crippen molar-refractivity contribution < 1.29 is 14.3 Å². The molecule has 0 saturated carbocycles. The summed E-state index contributed by atoms with van der Waals surface area (Å²) in [5, 5.41) is 0. The summed E-state index contributed by atoms with van der Waals surface area (Å²) >= 11 is 4.83. The predicted octanol–water partition coefficient (Wildman–Crippen LogP) is 0.961. The number of nitrogens with zero attached hydrogens (tertiary/aromatic N) is 1. The van der Waals surface area contributed by atoms with Crippen molar-refractivity contribution in [2.45, 2.75) is 13.0 Å². The lowest BCUT2D eigenvalue weighted by Gasteiger charge is -2.29. The summed E-state index contributed by atoms with van der Waals surface area (Å²) in [6.45, 7) is 2.85. The molecule has 0 spiro atoms. The van der Waals surface area contributed by atoms with Crippen molar-refractivity contribution in [3.63, 3.8) is 0 Å². The molecule has 0 bridgehead atoms. The van der Waals surface area contributed by atoms with Gasteiger partial charge in [0.05, 0.1) is 11.5 Å². The van der Waals surface area contributed by atoms with Crippen LogP contribution >= 0.6 is 12.2 Å². The van der Waals surface area contributed by atoms with Crippen molar-refractivity contribution in [3.05, 3.63) is 24.3 Å². The van der Waals surface area contributed by atoms with E-state index in [0.29, 0.717) is 18.0 Å². The van der Waals surface area contributed by atoms with Gasteiger partial charge < -0.3 is 20.1 Å². The smallest absolute Gasteiger partial charge is 0.267 e. The van der Waals surface area contributed by atoms with Gasteiger partial charge in [-0.1, -0.05) is 24.4 Å². The largest absolute Gasteiger partial charge is 0.485 e. The van der Waals surface area contributed by atoms with E-state index < -0.39 is 6.10 Å². The van der Waals surface area contributed by atoms with Crippen LogP contribution in [0.4, 0.5) is 0 Å². The number of hydrogen-bond donors (Lipinski definition) is 1. The molecule has 1 aliphatic heterocycles. The zero-order chi connectivity index (χ0) is 13.8. The summed E-state index contributed by atoms with van der Waals surface area (Å²) in [6.07, 6.45) is -0.649. The maximum absolute atomic E-state index is 12.3. The van der Waals surface area contributed by atoms with Crippen LogP contribution in [0, 0.1) is 0 Å². The Morgan fingerprint density at radius 3 is 2.79 bits per heavy atom. The number of amides is 1. The normalized spacial score (nSPS) is 16.8. The van der Waals surface area contributed by atoms with Gasteiger partial charge in [-0.2, -0.15) is 0 Å². The summed E-state index contributed by atoms with van der Waals surface area (Å²) < 4.78 is 11.2. The Hall–Kier alpha value is -1.82. The molecule has 1 heterocycles. The number of benzene rings is 1. The lowest BCUT2D eigenvalue weighted by molar-refractivity contribution is -0.140. The zero-order valence-corrected chi connectivity index (χ0v) is 11.5. The van der Waals surface area contributed by atoms with E-state index in [4.69, 9.17) is 27.4 Å². The molecule has 0 aromatic heterocycles. The van der Waals surface area contributed by atoms with Crippen molar-refractivity contribution in [2.75, 3.05) is 19.7 Å². The van der Waals surface area contributed by atoms with Crippen LogP contribution < -0.4 is 15.2 Å². The van der Waals surface area contributed by atoms with Gasteiger partial charge in [-0.05, 0) is 19.1 Å². The Balaban J connectivity index is 2.07. The Morgan fingerprint density at radius 2 is 2.16 bits per heavy atom. The minimum atomic E-state index is -0.649. The van der Waals surface area contributed by atoms with E-state index in [1.54, 1.807) is 11.0 Å². The Morgan fingerprint density at radius 1 is 1.47 bits per heavy atom. The zero-order valence-electron chi connectivity index (χ0n) is 10.7. The number of nitrogens with two attached hydrogens (primary N) is 1. The Kier molecular flexibility index (Phi) is 4.21. The van der Waals surface area contributed by atoms with Crippen LogP contribution in [0.25, 0.3) is 0 Å². The monoisotopic (exact) mass is 280 g/mol. The van der Waals surface area contributed by atoms with E-state index in [2.05, 4.69) is 0 Å². The molecule has 2 rings (SSSR count). The van der Waals surface area contributed by atoms with Crippen LogP contribution in [-0.4, -0.2) is 41.6 Å². The van der Waals surface area contributed by atoms with Gasteiger partial charge in [0.25, 0.3) is 5.91 Å². The molecule has 1 aromatic rings. The third kappa shape index (κ3) is 3.14. The highest BCUT2D eigenvalue weighted by Gasteiger charge is 2.30. The molecule has 6 heteroatoms. The average molecular weight is 280 g/mol. The molecule has 5 nitrogen and oxygen atoms in total. The van der Waals surface area contributed by atoms with E-state index in [9.17, 15) is 4.79 Å². The second kappa shape index (κ2) is 5.88. The number of ether oxygens (including phenoxy) is 2. The molecular formula is C13H16N2O3S. The molecule has 1 unspecified atom stereocenters. The predicted molar refractivity (Wildman–Crippen MR) is 75.4 cm³/mol. The van der Waals surface area contributed by atoms with Gasteiger partial charge in [0.1, 0.15) is 6.61 Å². The number of carbonyl (C=O) groups excluding carboxylic acids is 1. The van der Waals surface area contributed by atoms with Crippen molar-refractivity contribution in [1.29, 1.82) is 0 Å². The maximum atomic E-state index is 12.3. The van der Waals surface area contributed by atoms with Gasteiger partial charge in [0, 0.05) is 6.54 Å². The highest BCUT2D eigenvalue weighted by atomic mass is 32.1. The van der Waals surface area contributed by atoms with E-state index in [-0.39, 0.29) is 24.0 Å². The number of rotatable bonds is 4. The van der Waals surface area contributed by atoms with Crippen molar-refractivity contribution in [3.8, 4) is 11.5 Å². The second-order valence-corrected chi connectivity index (χ2v) is 4.71. The fourth-order valence-corrected chi connectivity index (χ4v) is 2.03. The summed E-state index contributed by atoms with van der Waals surface area (Å²) in [5.74, 6) is 1.08. The Bertz CT molecular complexity index is 493. The van der Waals surface area contributed by atoms with E-state index in [0.717, 1.165) is 0 Å². The third-order valence-corrected chi connectivity index (χ3v) is 2.95. The maximum Gasteiger partial charge on any atom is 0.267 e. The fraction of sp³-hybridized carbons (Fsp3) is 0.385. The summed E-state index contributed by atoms with van der Waals surface area (Å²) in [4.78, 5) is 14.1. The quantitative estimate of drug-likeness (QED) is 0.832. The molecule has 102 valence electrons. The molecule has 0 radical (unpaired) electrons. The highest BCUT2D eigenvalue weighted by molar-refractivity contribution is 7.80. The van der Waals surface area contributed by atoms with Gasteiger partial charge in [-0.25, -0.2) is 0 Å². The highest BCUT2D eigenvalue weighted by Crippen LogP contribution is 2.31. The summed E-state index contributed by atoms with van der Waals surface area (Å²) in [7, 11) is 0. The van der Waals surface area contributed by atoms with Crippen LogP contribution in [0.2, 0.25) is 0 Å². The second-order valence-electron chi connectivity index (χ2n) is 4.18. The first-order chi connectivity index (χ1) is 9.11. The molecule has 2 N–H and O–H groups in total. The van der Waals surface area contributed by atoms with E-state index >= 15 is 0 Å². The third-order valence-electron chi connectivity index (χ3n) is 2.82. The van der Waals surface area contributed by atoms with Crippen molar-refractivity contribution >= 4 is 23.1 Å². The number of fused-ring (bicyclic) bond motifs is 1. The summed E-state index contributed by atoms with van der Waals surface area (Å²) in [5.41, 5.74) is 5.48. The van der Waals surface area contributed by atoms with E-state index in [1.807, 2.05) is 25.1 Å². The SMILES string of the molecule is CCN(CC(N)=S)C(=O)C1COc2ccccc2O1. The molecule has 1 atom stereocenters. The van der Waals surface area contributed by atoms with Crippen LogP contribution in [0.1, 0.15) is 6.92 Å². The van der Waals surface area contributed by atoms with Gasteiger partial charge >= 0.3 is 0 Å². The van der Waals surface area contributed by atoms with Gasteiger partial charge in [0.15, 0.2) is 11.5 Å².